The Morgan fingerprint density at radius 3 is 2.82 bits per heavy atom. The third kappa shape index (κ3) is 3.34. The first-order chi connectivity index (χ1) is 8.20. The minimum atomic E-state index is 0.188. The molecule has 1 aliphatic rings. The molecule has 92 valence electrons. The molecule has 2 nitrogen and oxygen atoms in total. The molecule has 1 aliphatic heterocycles. The molecule has 0 aliphatic carbocycles. The number of hydrogen-bond acceptors (Lipinski definition) is 2. The lowest BCUT2D eigenvalue weighted by Crippen LogP contribution is -2.22. The van der Waals surface area contributed by atoms with Gasteiger partial charge in [0, 0.05) is 12.0 Å². The summed E-state index contributed by atoms with van der Waals surface area (Å²) in [7, 11) is 0. The molecule has 2 heteroatoms. The quantitative estimate of drug-likeness (QED) is 0.740. The van der Waals surface area contributed by atoms with Gasteiger partial charge in [-0.15, -0.1) is 0 Å². The zero-order chi connectivity index (χ0) is 12.1. The maximum Gasteiger partial charge on any atom is 0.0949 e. The fourth-order valence-electron chi connectivity index (χ4n) is 1.96. The van der Waals surface area contributed by atoms with Crippen LogP contribution in [-0.2, 0) is 9.47 Å². The first kappa shape index (κ1) is 12.2. The number of ether oxygens (including phenoxy) is 2. The third-order valence-corrected chi connectivity index (χ3v) is 3.22. The minimum absolute atomic E-state index is 0.188. The smallest absolute Gasteiger partial charge is 0.0949 e. The van der Waals surface area contributed by atoms with Gasteiger partial charge in [0.1, 0.15) is 0 Å². The van der Waals surface area contributed by atoms with E-state index in [4.69, 9.17) is 9.47 Å². The summed E-state index contributed by atoms with van der Waals surface area (Å²) in [6.45, 7) is 6.69. The average Bonchev–Trinajstić information content (AvgIpc) is 2.77. The van der Waals surface area contributed by atoms with E-state index < -0.39 is 0 Å². The lowest BCUT2D eigenvalue weighted by molar-refractivity contribution is 0.0961. The van der Waals surface area contributed by atoms with Gasteiger partial charge in [-0.25, -0.2) is 0 Å². The number of allylic oxidation sites excluding steroid dienone is 1. The van der Waals surface area contributed by atoms with Crippen molar-refractivity contribution in [2.24, 2.45) is 5.41 Å². The molecule has 0 amide bonds. The Kier molecular flexibility index (Phi) is 3.85. The van der Waals surface area contributed by atoms with Crippen molar-refractivity contribution in [2.75, 3.05) is 19.8 Å². The standard InChI is InChI=1S/C15H20O2/c1-13(14-6-4-3-5-7-14)10-17-12-15(2)8-9-16-11-15/h3-7,10H,8-9,11-12H2,1-2H3/b13-10-. The molecule has 1 atom stereocenters. The minimum Gasteiger partial charge on any atom is -0.500 e. The molecule has 0 spiro atoms. The summed E-state index contributed by atoms with van der Waals surface area (Å²) in [4.78, 5) is 0. The van der Waals surface area contributed by atoms with E-state index in [1.807, 2.05) is 24.5 Å². The predicted molar refractivity (Wildman–Crippen MR) is 69.6 cm³/mol. The van der Waals surface area contributed by atoms with Crippen molar-refractivity contribution in [3.05, 3.63) is 42.2 Å². The van der Waals surface area contributed by atoms with Crippen molar-refractivity contribution in [3.63, 3.8) is 0 Å². The summed E-state index contributed by atoms with van der Waals surface area (Å²) in [5.74, 6) is 0. The molecule has 1 saturated heterocycles. The maximum atomic E-state index is 5.69. The number of hydrogen-bond donors (Lipinski definition) is 0. The van der Waals surface area contributed by atoms with Crippen LogP contribution >= 0.6 is 0 Å². The number of rotatable bonds is 4. The molecular formula is C15H20O2. The Morgan fingerprint density at radius 2 is 2.18 bits per heavy atom. The fraction of sp³-hybridized carbons (Fsp3) is 0.467. The van der Waals surface area contributed by atoms with Gasteiger partial charge >= 0.3 is 0 Å². The van der Waals surface area contributed by atoms with E-state index >= 15 is 0 Å². The third-order valence-electron chi connectivity index (χ3n) is 3.22. The Morgan fingerprint density at radius 1 is 1.41 bits per heavy atom. The molecule has 17 heavy (non-hydrogen) atoms. The first-order valence-corrected chi connectivity index (χ1v) is 6.11. The van der Waals surface area contributed by atoms with Crippen LogP contribution in [-0.4, -0.2) is 19.8 Å². The molecular weight excluding hydrogens is 212 g/mol. The largest absolute Gasteiger partial charge is 0.500 e. The van der Waals surface area contributed by atoms with E-state index in [9.17, 15) is 0 Å². The lowest BCUT2D eigenvalue weighted by atomic mass is 9.91. The van der Waals surface area contributed by atoms with Crippen LogP contribution in [0.4, 0.5) is 0 Å². The van der Waals surface area contributed by atoms with Crippen molar-refractivity contribution in [1.29, 1.82) is 0 Å². The van der Waals surface area contributed by atoms with Gasteiger partial charge in [-0.3, -0.25) is 0 Å². The van der Waals surface area contributed by atoms with Crippen molar-refractivity contribution < 1.29 is 9.47 Å². The van der Waals surface area contributed by atoms with Crippen LogP contribution in [0.25, 0.3) is 5.57 Å². The first-order valence-electron chi connectivity index (χ1n) is 6.11. The van der Waals surface area contributed by atoms with Crippen molar-refractivity contribution in [1.82, 2.24) is 0 Å². The second-order valence-electron chi connectivity index (χ2n) is 5.09. The maximum absolute atomic E-state index is 5.69. The molecule has 0 aromatic heterocycles. The van der Waals surface area contributed by atoms with Crippen LogP contribution in [0.15, 0.2) is 36.6 Å². The molecule has 1 fully saturated rings. The van der Waals surface area contributed by atoms with Crippen molar-refractivity contribution >= 4 is 5.57 Å². The van der Waals surface area contributed by atoms with Gasteiger partial charge in [-0.1, -0.05) is 37.3 Å². The Labute approximate surface area is 103 Å². The van der Waals surface area contributed by atoms with Gasteiger partial charge in [0.25, 0.3) is 0 Å². The molecule has 1 aromatic carbocycles. The highest BCUT2D eigenvalue weighted by molar-refractivity contribution is 5.62. The van der Waals surface area contributed by atoms with Crippen LogP contribution < -0.4 is 0 Å². The Balaban J connectivity index is 1.88. The summed E-state index contributed by atoms with van der Waals surface area (Å²) < 4.78 is 11.1. The normalized spacial score (nSPS) is 24.9. The van der Waals surface area contributed by atoms with Gasteiger partial charge in [0.2, 0.25) is 0 Å². The number of benzene rings is 1. The highest BCUT2D eigenvalue weighted by Crippen LogP contribution is 2.28. The SMILES string of the molecule is C/C(=C/OCC1(C)CCOC1)c1ccccc1. The molecule has 1 unspecified atom stereocenters. The average molecular weight is 232 g/mol. The topological polar surface area (TPSA) is 18.5 Å². The molecule has 0 radical (unpaired) electrons. The summed E-state index contributed by atoms with van der Waals surface area (Å²) in [5.41, 5.74) is 2.56. The lowest BCUT2D eigenvalue weighted by Gasteiger charge is -2.20. The molecule has 2 rings (SSSR count). The van der Waals surface area contributed by atoms with Crippen LogP contribution in [0.3, 0.4) is 0 Å². The second-order valence-corrected chi connectivity index (χ2v) is 5.09. The zero-order valence-corrected chi connectivity index (χ0v) is 10.6. The van der Waals surface area contributed by atoms with Gasteiger partial charge in [0.05, 0.1) is 19.5 Å². The van der Waals surface area contributed by atoms with Crippen LogP contribution in [0, 0.1) is 5.41 Å². The summed E-state index contributed by atoms with van der Waals surface area (Å²) in [5, 5.41) is 0. The van der Waals surface area contributed by atoms with E-state index in [0.717, 1.165) is 31.8 Å². The van der Waals surface area contributed by atoms with Crippen LogP contribution in [0.2, 0.25) is 0 Å². The van der Waals surface area contributed by atoms with E-state index in [2.05, 4.69) is 26.0 Å². The molecule has 1 heterocycles. The predicted octanol–water partition coefficient (Wildman–Crippen LogP) is 3.49. The van der Waals surface area contributed by atoms with Crippen LogP contribution in [0.5, 0.6) is 0 Å². The zero-order valence-electron chi connectivity index (χ0n) is 10.6. The second kappa shape index (κ2) is 5.37. The highest BCUT2D eigenvalue weighted by Gasteiger charge is 2.30. The monoisotopic (exact) mass is 232 g/mol. The summed E-state index contributed by atoms with van der Waals surface area (Å²) >= 11 is 0. The van der Waals surface area contributed by atoms with Gasteiger partial charge in [0.15, 0.2) is 0 Å². The summed E-state index contributed by atoms with van der Waals surface area (Å²) in [6.07, 6.45) is 2.95. The van der Waals surface area contributed by atoms with Crippen LogP contribution in [0.1, 0.15) is 25.8 Å². The van der Waals surface area contributed by atoms with Crippen molar-refractivity contribution in [3.8, 4) is 0 Å². The fourth-order valence-corrected chi connectivity index (χ4v) is 1.96. The molecule has 1 aromatic rings. The van der Waals surface area contributed by atoms with E-state index in [1.54, 1.807) is 0 Å². The van der Waals surface area contributed by atoms with Gasteiger partial charge in [-0.2, -0.15) is 0 Å². The molecule has 0 saturated carbocycles. The molecule has 0 bridgehead atoms. The van der Waals surface area contributed by atoms with E-state index in [-0.39, 0.29) is 5.41 Å². The molecule has 0 N–H and O–H groups in total. The van der Waals surface area contributed by atoms with E-state index in [1.165, 1.54) is 5.56 Å². The van der Waals surface area contributed by atoms with Gasteiger partial charge in [-0.05, 0) is 24.5 Å². The summed E-state index contributed by atoms with van der Waals surface area (Å²) in [6, 6.07) is 10.3. The van der Waals surface area contributed by atoms with Crippen molar-refractivity contribution in [2.45, 2.75) is 20.3 Å². The Bertz CT molecular complexity index is 375. The van der Waals surface area contributed by atoms with Gasteiger partial charge < -0.3 is 9.47 Å². The van der Waals surface area contributed by atoms with E-state index in [0.29, 0.717) is 0 Å². The highest BCUT2D eigenvalue weighted by atomic mass is 16.5. The Hall–Kier alpha value is -1.28.